The number of nitrogen functional groups attached to an aromatic ring is 1. The average Bonchev–Trinajstić information content (AvgIpc) is 1.86. The van der Waals surface area contributed by atoms with Gasteiger partial charge in [0.2, 0.25) is 0 Å². The Hall–Kier alpha value is -1.22. The SMILES string of the molecule is Nc1ccc2c(c1)NC2O. The molecule has 4 N–H and O–H groups in total. The lowest BCUT2D eigenvalue weighted by Crippen LogP contribution is -2.21. The minimum Gasteiger partial charge on any atom is -0.399 e. The van der Waals surface area contributed by atoms with Crippen LogP contribution in [0.3, 0.4) is 0 Å². The van der Waals surface area contributed by atoms with E-state index in [1.54, 1.807) is 6.07 Å². The fraction of sp³-hybridized carbons (Fsp3) is 0.143. The maximum atomic E-state index is 9.04. The lowest BCUT2D eigenvalue weighted by molar-refractivity contribution is 0.193. The molecule has 0 spiro atoms. The van der Waals surface area contributed by atoms with Crippen molar-refractivity contribution in [3.05, 3.63) is 23.8 Å². The van der Waals surface area contributed by atoms with Crippen molar-refractivity contribution in [3.63, 3.8) is 0 Å². The summed E-state index contributed by atoms with van der Waals surface area (Å²) in [6.45, 7) is 0. The molecule has 1 unspecified atom stereocenters. The first-order valence-corrected chi connectivity index (χ1v) is 3.11. The molecule has 0 amide bonds. The average molecular weight is 136 g/mol. The molecule has 3 nitrogen and oxygen atoms in total. The molecule has 1 atom stereocenters. The largest absolute Gasteiger partial charge is 0.399 e. The second-order valence-electron chi connectivity index (χ2n) is 2.39. The molecule has 3 heteroatoms. The number of aliphatic hydroxyl groups excluding tert-OH is 1. The molecule has 1 heterocycles. The van der Waals surface area contributed by atoms with Gasteiger partial charge in [-0.2, -0.15) is 0 Å². The normalized spacial score (nSPS) is 20.7. The van der Waals surface area contributed by atoms with Gasteiger partial charge in [-0.15, -0.1) is 0 Å². The third-order valence-corrected chi connectivity index (χ3v) is 1.66. The Bertz CT molecular complexity index is 272. The molecule has 0 saturated heterocycles. The number of fused-ring (bicyclic) bond motifs is 1. The van der Waals surface area contributed by atoms with E-state index in [2.05, 4.69) is 5.32 Å². The predicted molar refractivity (Wildman–Crippen MR) is 39.4 cm³/mol. The van der Waals surface area contributed by atoms with Crippen LogP contribution in [0.1, 0.15) is 11.8 Å². The summed E-state index contributed by atoms with van der Waals surface area (Å²) < 4.78 is 0. The highest BCUT2D eigenvalue weighted by atomic mass is 16.3. The van der Waals surface area contributed by atoms with E-state index in [9.17, 15) is 0 Å². The molecule has 2 rings (SSSR count). The first-order valence-electron chi connectivity index (χ1n) is 3.11. The number of hydrogen-bond donors (Lipinski definition) is 3. The predicted octanol–water partition coefficient (Wildman–Crippen LogP) is 0.685. The lowest BCUT2D eigenvalue weighted by Gasteiger charge is -2.27. The number of aliphatic hydroxyl groups is 1. The summed E-state index contributed by atoms with van der Waals surface area (Å²) in [4.78, 5) is 0. The highest BCUT2D eigenvalue weighted by molar-refractivity contribution is 5.67. The van der Waals surface area contributed by atoms with Gasteiger partial charge in [0.05, 0.1) is 0 Å². The summed E-state index contributed by atoms with van der Waals surface area (Å²) in [7, 11) is 0. The zero-order valence-corrected chi connectivity index (χ0v) is 5.33. The van der Waals surface area contributed by atoms with Gasteiger partial charge >= 0.3 is 0 Å². The Labute approximate surface area is 58.5 Å². The quantitative estimate of drug-likeness (QED) is 0.460. The first kappa shape index (κ1) is 5.56. The molecule has 10 heavy (non-hydrogen) atoms. The number of anilines is 2. The van der Waals surface area contributed by atoms with Crippen molar-refractivity contribution in [3.8, 4) is 0 Å². The van der Waals surface area contributed by atoms with Crippen LogP contribution in [-0.2, 0) is 0 Å². The van der Waals surface area contributed by atoms with Crippen LogP contribution < -0.4 is 11.1 Å². The number of hydrogen-bond acceptors (Lipinski definition) is 3. The lowest BCUT2D eigenvalue weighted by atomic mass is 10.0. The van der Waals surface area contributed by atoms with E-state index < -0.39 is 6.23 Å². The summed E-state index contributed by atoms with van der Waals surface area (Å²) in [6, 6.07) is 5.41. The van der Waals surface area contributed by atoms with Crippen molar-refractivity contribution in [2.75, 3.05) is 11.1 Å². The van der Waals surface area contributed by atoms with Gasteiger partial charge in [0.15, 0.2) is 6.23 Å². The molecule has 0 saturated carbocycles. The Balaban J connectivity index is 2.49. The molecular weight excluding hydrogens is 128 g/mol. The molecule has 0 aromatic heterocycles. The van der Waals surface area contributed by atoms with Crippen LogP contribution in [-0.4, -0.2) is 5.11 Å². The van der Waals surface area contributed by atoms with Gasteiger partial charge in [-0.05, 0) is 12.1 Å². The molecule has 1 aliphatic heterocycles. The van der Waals surface area contributed by atoms with Gasteiger partial charge in [-0.25, -0.2) is 0 Å². The van der Waals surface area contributed by atoms with Crippen molar-refractivity contribution in [1.29, 1.82) is 0 Å². The zero-order chi connectivity index (χ0) is 7.14. The van der Waals surface area contributed by atoms with E-state index >= 15 is 0 Å². The first-order chi connectivity index (χ1) is 4.77. The van der Waals surface area contributed by atoms with E-state index in [-0.39, 0.29) is 0 Å². The van der Waals surface area contributed by atoms with Crippen LogP contribution in [0.2, 0.25) is 0 Å². The molecule has 1 aliphatic rings. The second kappa shape index (κ2) is 1.64. The second-order valence-corrected chi connectivity index (χ2v) is 2.39. The van der Waals surface area contributed by atoms with Crippen LogP contribution in [0.25, 0.3) is 0 Å². The third-order valence-electron chi connectivity index (χ3n) is 1.66. The maximum Gasteiger partial charge on any atom is 0.152 e. The van der Waals surface area contributed by atoms with Crippen LogP contribution in [0, 0.1) is 0 Å². The fourth-order valence-electron chi connectivity index (χ4n) is 1.08. The van der Waals surface area contributed by atoms with Crippen LogP contribution >= 0.6 is 0 Å². The maximum absolute atomic E-state index is 9.04. The Morgan fingerprint density at radius 2 is 2.30 bits per heavy atom. The number of benzene rings is 1. The Morgan fingerprint density at radius 3 is 2.90 bits per heavy atom. The van der Waals surface area contributed by atoms with Crippen molar-refractivity contribution in [1.82, 2.24) is 0 Å². The third kappa shape index (κ3) is 0.579. The van der Waals surface area contributed by atoms with Gasteiger partial charge in [0, 0.05) is 16.9 Å². The van der Waals surface area contributed by atoms with Gasteiger partial charge in [-0.1, -0.05) is 6.07 Å². The van der Waals surface area contributed by atoms with Crippen LogP contribution in [0.4, 0.5) is 11.4 Å². The molecule has 52 valence electrons. The van der Waals surface area contributed by atoms with Crippen molar-refractivity contribution >= 4 is 11.4 Å². The van der Waals surface area contributed by atoms with Crippen molar-refractivity contribution < 1.29 is 5.11 Å². The molecule has 1 aromatic carbocycles. The molecular formula is C7H8N2O. The highest BCUT2D eigenvalue weighted by Gasteiger charge is 2.21. The summed E-state index contributed by atoms with van der Waals surface area (Å²) >= 11 is 0. The fourth-order valence-corrected chi connectivity index (χ4v) is 1.08. The van der Waals surface area contributed by atoms with E-state index in [1.807, 2.05) is 12.1 Å². The van der Waals surface area contributed by atoms with Gasteiger partial charge in [-0.3, -0.25) is 0 Å². The Kier molecular flexibility index (Phi) is 0.910. The topological polar surface area (TPSA) is 58.3 Å². The van der Waals surface area contributed by atoms with E-state index in [0.717, 1.165) is 16.9 Å². The Morgan fingerprint density at radius 1 is 1.50 bits per heavy atom. The molecule has 0 bridgehead atoms. The molecule has 0 fully saturated rings. The summed E-state index contributed by atoms with van der Waals surface area (Å²) in [6.07, 6.45) is -0.490. The smallest absolute Gasteiger partial charge is 0.152 e. The summed E-state index contributed by atoms with van der Waals surface area (Å²) in [5.74, 6) is 0. The highest BCUT2D eigenvalue weighted by Crippen LogP contribution is 2.34. The number of rotatable bonds is 0. The molecule has 0 radical (unpaired) electrons. The van der Waals surface area contributed by atoms with Crippen molar-refractivity contribution in [2.24, 2.45) is 0 Å². The van der Waals surface area contributed by atoms with E-state index in [4.69, 9.17) is 10.8 Å². The molecule has 0 aliphatic carbocycles. The van der Waals surface area contributed by atoms with Gasteiger partial charge < -0.3 is 16.2 Å². The summed E-state index contributed by atoms with van der Waals surface area (Å²) in [5, 5.41) is 11.8. The number of nitrogens with one attached hydrogen (secondary N) is 1. The minimum absolute atomic E-state index is 0.490. The van der Waals surface area contributed by atoms with Crippen molar-refractivity contribution in [2.45, 2.75) is 6.23 Å². The zero-order valence-electron chi connectivity index (χ0n) is 5.33. The van der Waals surface area contributed by atoms with Crippen LogP contribution in [0.15, 0.2) is 18.2 Å². The van der Waals surface area contributed by atoms with Gasteiger partial charge in [0.25, 0.3) is 0 Å². The number of nitrogens with two attached hydrogens (primary N) is 1. The summed E-state index contributed by atoms with van der Waals surface area (Å²) in [5.41, 5.74) is 8.07. The van der Waals surface area contributed by atoms with Gasteiger partial charge in [0.1, 0.15) is 0 Å². The standard InChI is InChI=1S/C7H8N2O/c8-4-1-2-5-6(3-4)9-7(5)10/h1-3,7,9-10H,8H2. The monoisotopic (exact) mass is 136 g/mol. The molecule has 1 aromatic rings. The van der Waals surface area contributed by atoms with E-state index in [1.165, 1.54) is 0 Å². The van der Waals surface area contributed by atoms with Crippen LogP contribution in [0.5, 0.6) is 0 Å². The van der Waals surface area contributed by atoms with E-state index in [0.29, 0.717) is 0 Å². The minimum atomic E-state index is -0.490.